The van der Waals surface area contributed by atoms with Crippen LogP contribution in [0.4, 0.5) is 14.5 Å². The summed E-state index contributed by atoms with van der Waals surface area (Å²) < 4.78 is 55.0. The lowest BCUT2D eigenvalue weighted by Crippen LogP contribution is -2.27. The van der Waals surface area contributed by atoms with Crippen LogP contribution < -0.4 is 10.1 Å². The Morgan fingerprint density at radius 2 is 1.66 bits per heavy atom. The lowest BCUT2D eigenvalue weighted by molar-refractivity contribution is -0.116. The first-order chi connectivity index (χ1) is 13.8. The van der Waals surface area contributed by atoms with Crippen LogP contribution >= 0.6 is 0 Å². The Balaban J connectivity index is 1.51. The van der Waals surface area contributed by atoms with E-state index in [4.69, 9.17) is 0 Å². The first kappa shape index (κ1) is 21.2. The van der Waals surface area contributed by atoms with Gasteiger partial charge in [-0.25, -0.2) is 8.42 Å². The number of carbonyl (C=O) groups excluding carboxylic acids is 1. The number of nitrogens with zero attached hydrogens (tertiary/aromatic N) is 1. The molecule has 2 aromatic rings. The molecule has 0 radical (unpaired) electrons. The Morgan fingerprint density at radius 3 is 2.24 bits per heavy atom. The summed E-state index contributed by atoms with van der Waals surface area (Å²) in [5, 5.41) is 2.68. The number of aryl methyl sites for hydroxylation is 1. The number of carbonyl (C=O) groups is 1. The summed E-state index contributed by atoms with van der Waals surface area (Å²) in [5.41, 5.74) is 1.32. The SMILES string of the molecule is O=C(CCc1ccc(S(=O)(=O)N2CCCC2)cc1)Nc1ccc(OC(F)F)cc1. The Morgan fingerprint density at radius 1 is 1.03 bits per heavy atom. The fourth-order valence-electron chi connectivity index (χ4n) is 3.11. The number of sulfonamides is 1. The molecule has 1 heterocycles. The van der Waals surface area contributed by atoms with Crippen molar-refractivity contribution in [2.45, 2.75) is 37.2 Å². The maximum Gasteiger partial charge on any atom is 0.387 e. The van der Waals surface area contributed by atoms with Gasteiger partial charge < -0.3 is 10.1 Å². The molecule has 2 aromatic carbocycles. The summed E-state index contributed by atoms with van der Waals surface area (Å²) in [7, 11) is -3.44. The summed E-state index contributed by atoms with van der Waals surface area (Å²) in [6, 6.07) is 12.2. The van der Waals surface area contributed by atoms with Gasteiger partial charge in [0.2, 0.25) is 15.9 Å². The predicted octanol–water partition coefficient (Wildman–Crippen LogP) is 3.64. The van der Waals surface area contributed by atoms with Crippen molar-refractivity contribution < 1.29 is 26.7 Å². The summed E-state index contributed by atoms with van der Waals surface area (Å²) in [5.74, 6) is -0.219. The number of nitrogens with one attached hydrogen (secondary N) is 1. The van der Waals surface area contributed by atoms with E-state index >= 15 is 0 Å². The average Bonchev–Trinajstić information content (AvgIpc) is 3.24. The molecule has 0 aromatic heterocycles. The highest BCUT2D eigenvalue weighted by Crippen LogP contribution is 2.22. The van der Waals surface area contributed by atoms with E-state index in [-0.39, 0.29) is 23.0 Å². The second-order valence-electron chi connectivity index (χ2n) is 6.71. The highest BCUT2D eigenvalue weighted by molar-refractivity contribution is 7.89. The molecule has 1 N–H and O–H groups in total. The van der Waals surface area contributed by atoms with Crippen LogP contribution in [0, 0.1) is 0 Å². The van der Waals surface area contributed by atoms with Crippen LogP contribution in [0.3, 0.4) is 0 Å². The van der Waals surface area contributed by atoms with Crippen LogP contribution in [0.2, 0.25) is 0 Å². The minimum atomic E-state index is -3.44. The normalized spacial score (nSPS) is 14.9. The molecular formula is C20H22F2N2O4S. The Kier molecular flexibility index (Phi) is 6.81. The Hall–Kier alpha value is -2.52. The molecule has 0 atom stereocenters. The quantitative estimate of drug-likeness (QED) is 0.702. The zero-order valence-corrected chi connectivity index (χ0v) is 16.5. The van der Waals surface area contributed by atoms with Gasteiger partial charge in [-0.05, 0) is 61.2 Å². The minimum Gasteiger partial charge on any atom is -0.435 e. The first-order valence-electron chi connectivity index (χ1n) is 9.28. The van der Waals surface area contributed by atoms with Gasteiger partial charge in [0.1, 0.15) is 5.75 Å². The molecule has 0 aliphatic carbocycles. The maximum atomic E-state index is 12.5. The van der Waals surface area contributed by atoms with Crippen LogP contribution in [0.5, 0.6) is 5.75 Å². The van der Waals surface area contributed by atoms with E-state index in [9.17, 15) is 22.0 Å². The van der Waals surface area contributed by atoms with Crippen molar-refractivity contribution in [2.24, 2.45) is 0 Å². The standard InChI is InChI=1S/C20H22F2N2O4S/c21-20(22)28-17-8-6-16(7-9-17)23-19(25)12-5-15-3-10-18(11-4-15)29(26,27)24-13-1-2-14-24/h3-4,6-11,20H,1-2,5,12-14H2,(H,23,25). The van der Waals surface area contributed by atoms with E-state index in [1.807, 2.05) is 0 Å². The molecule has 9 heteroatoms. The lowest BCUT2D eigenvalue weighted by Gasteiger charge is -2.15. The van der Waals surface area contributed by atoms with Gasteiger partial charge in [0.25, 0.3) is 0 Å². The third-order valence-corrected chi connectivity index (χ3v) is 6.54. The van der Waals surface area contributed by atoms with E-state index in [1.54, 1.807) is 24.3 Å². The highest BCUT2D eigenvalue weighted by atomic mass is 32.2. The molecule has 6 nitrogen and oxygen atoms in total. The largest absolute Gasteiger partial charge is 0.435 e. The molecule has 29 heavy (non-hydrogen) atoms. The highest BCUT2D eigenvalue weighted by Gasteiger charge is 2.26. The number of ether oxygens (including phenoxy) is 1. The van der Waals surface area contributed by atoms with Gasteiger partial charge in [0.05, 0.1) is 4.90 Å². The van der Waals surface area contributed by atoms with Crippen molar-refractivity contribution in [1.29, 1.82) is 0 Å². The number of hydrogen-bond donors (Lipinski definition) is 1. The monoisotopic (exact) mass is 424 g/mol. The molecule has 0 spiro atoms. The number of alkyl halides is 2. The van der Waals surface area contributed by atoms with Crippen LogP contribution in [0.25, 0.3) is 0 Å². The zero-order valence-electron chi connectivity index (χ0n) is 15.7. The number of amides is 1. The molecule has 1 aliphatic heterocycles. The van der Waals surface area contributed by atoms with Gasteiger partial charge in [-0.3, -0.25) is 4.79 Å². The van der Waals surface area contributed by atoms with Crippen LogP contribution in [0.1, 0.15) is 24.8 Å². The molecule has 0 bridgehead atoms. The molecule has 0 unspecified atom stereocenters. The summed E-state index contributed by atoms with van der Waals surface area (Å²) in [6.07, 6.45) is 2.42. The molecule has 1 saturated heterocycles. The second-order valence-corrected chi connectivity index (χ2v) is 8.64. The van der Waals surface area contributed by atoms with Crippen LogP contribution in [-0.2, 0) is 21.2 Å². The zero-order chi connectivity index (χ0) is 20.9. The molecule has 0 saturated carbocycles. The van der Waals surface area contributed by atoms with Gasteiger partial charge in [-0.2, -0.15) is 13.1 Å². The average molecular weight is 424 g/mol. The second kappa shape index (κ2) is 9.32. The number of rotatable bonds is 8. The predicted molar refractivity (Wildman–Crippen MR) is 104 cm³/mol. The number of benzene rings is 2. The van der Waals surface area contributed by atoms with Crippen LogP contribution in [-0.4, -0.2) is 38.3 Å². The number of halogens is 2. The van der Waals surface area contributed by atoms with Crippen LogP contribution in [0.15, 0.2) is 53.4 Å². The maximum absolute atomic E-state index is 12.5. The van der Waals surface area contributed by atoms with Crippen molar-refractivity contribution in [1.82, 2.24) is 4.31 Å². The lowest BCUT2D eigenvalue weighted by atomic mass is 10.1. The Bertz CT molecular complexity index is 926. The summed E-state index contributed by atoms with van der Waals surface area (Å²) in [4.78, 5) is 12.3. The van der Waals surface area contributed by atoms with E-state index in [1.165, 1.54) is 28.6 Å². The molecular weight excluding hydrogens is 402 g/mol. The van der Waals surface area contributed by atoms with Crippen molar-refractivity contribution in [3.05, 3.63) is 54.1 Å². The number of hydrogen-bond acceptors (Lipinski definition) is 4. The van der Waals surface area contributed by atoms with Gasteiger partial charge in [0, 0.05) is 25.2 Å². The van der Waals surface area contributed by atoms with Gasteiger partial charge in [0.15, 0.2) is 0 Å². The minimum absolute atomic E-state index is 0.0157. The summed E-state index contributed by atoms with van der Waals surface area (Å²) in [6.45, 7) is -1.79. The first-order valence-corrected chi connectivity index (χ1v) is 10.7. The van der Waals surface area contributed by atoms with Crippen molar-refractivity contribution >= 4 is 21.6 Å². The van der Waals surface area contributed by atoms with Crippen molar-refractivity contribution in [2.75, 3.05) is 18.4 Å². The Labute approximate surface area is 168 Å². The third kappa shape index (κ3) is 5.74. The smallest absolute Gasteiger partial charge is 0.387 e. The fourth-order valence-corrected chi connectivity index (χ4v) is 4.62. The third-order valence-electron chi connectivity index (χ3n) is 4.63. The summed E-state index contributed by atoms with van der Waals surface area (Å²) >= 11 is 0. The van der Waals surface area contributed by atoms with E-state index in [0.717, 1.165) is 18.4 Å². The molecule has 1 aliphatic rings. The number of anilines is 1. The molecule has 1 amide bonds. The molecule has 156 valence electrons. The van der Waals surface area contributed by atoms with E-state index in [2.05, 4.69) is 10.1 Å². The molecule has 1 fully saturated rings. The van der Waals surface area contributed by atoms with Crippen molar-refractivity contribution in [3.63, 3.8) is 0 Å². The van der Waals surface area contributed by atoms with E-state index in [0.29, 0.717) is 25.2 Å². The topological polar surface area (TPSA) is 75.7 Å². The molecule has 3 rings (SSSR count). The van der Waals surface area contributed by atoms with Gasteiger partial charge in [-0.15, -0.1) is 0 Å². The fraction of sp³-hybridized carbons (Fsp3) is 0.350. The van der Waals surface area contributed by atoms with E-state index < -0.39 is 16.6 Å². The van der Waals surface area contributed by atoms with Crippen molar-refractivity contribution in [3.8, 4) is 5.75 Å². The van der Waals surface area contributed by atoms with Gasteiger partial charge in [-0.1, -0.05) is 12.1 Å². The van der Waals surface area contributed by atoms with Gasteiger partial charge >= 0.3 is 6.61 Å².